The van der Waals surface area contributed by atoms with E-state index in [9.17, 15) is 0 Å². The summed E-state index contributed by atoms with van der Waals surface area (Å²) in [5, 5.41) is 17.9. The van der Waals surface area contributed by atoms with E-state index in [2.05, 4.69) is 109 Å². The molecule has 0 fully saturated rings. The lowest BCUT2D eigenvalue weighted by molar-refractivity contribution is 0.140. The highest BCUT2D eigenvalue weighted by Crippen LogP contribution is 2.29. The zero-order valence-electron chi connectivity index (χ0n) is 31.3. The number of imidazole rings is 2. The molecule has 52 heavy (non-hydrogen) atoms. The van der Waals surface area contributed by atoms with Crippen LogP contribution in [0.4, 0.5) is 0 Å². The fraction of sp³-hybridized carbons (Fsp3) is 0.364. The van der Waals surface area contributed by atoms with E-state index in [1.54, 1.807) is 0 Å². The Kier molecular flexibility index (Phi) is 9.48. The van der Waals surface area contributed by atoms with E-state index in [-0.39, 0.29) is 11.1 Å². The molecule has 4 aromatic carbocycles. The van der Waals surface area contributed by atoms with Crippen LogP contribution in [0.15, 0.2) is 84.9 Å². The Balaban J connectivity index is 0.000000162. The van der Waals surface area contributed by atoms with Crippen molar-refractivity contribution in [2.45, 2.75) is 78.6 Å². The fourth-order valence-corrected chi connectivity index (χ4v) is 7.54. The van der Waals surface area contributed by atoms with Crippen LogP contribution < -0.4 is 0 Å². The van der Waals surface area contributed by atoms with E-state index in [1.165, 1.54) is 28.2 Å². The maximum absolute atomic E-state index is 8.98. The van der Waals surface area contributed by atoms with Crippen molar-refractivity contribution in [3.05, 3.63) is 108 Å². The van der Waals surface area contributed by atoms with Crippen molar-refractivity contribution >= 4 is 22.1 Å². The van der Waals surface area contributed by atoms with Gasteiger partial charge in [-0.15, -0.1) is 0 Å². The molecule has 264 valence electrons. The van der Waals surface area contributed by atoms with E-state index in [0.717, 1.165) is 79.8 Å². The third-order valence-electron chi connectivity index (χ3n) is 10.6. The second-order valence-electron chi connectivity index (χ2n) is 16.0. The normalized spacial score (nSPS) is 15.5. The predicted molar refractivity (Wildman–Crippen MR) is 210 cm³/mol. The van der Waals surface area contributed by atoms with Crippen molar-refractivity contribution in [2.75, 3.05) is 26.2 Å². The summed E-state index contributed by atoms with van der Waals surface area (Å²) in [7, 11) is 0. The molecule has 0 atom stereocenters. The Morgan fingerprint density at radius 2 is 0.923 bits per heavy atom. The summed E-state index contributed by atoms with van der Waals surface area (Å²) in [5.74, 6) is 2.37. The van der Waals surface area contributed by atoms with Gasteiger partial charge in [-0.2, -0.15) is 10.5 Å². The lowest BCUT2D eigenvalue weighted by atomic mass is 10.0. The third kappa shape index (κ3) is 7.23. The summed E-state index contributed by atoms with van der Waals surface area (Å²) >= 11 is 0. The number of aromatic nitrogens is 4. The SMILES string of the molecule is CC(C)(C)N1CCc2nc3cc(-c4ccc(C#N)cc4)ccc3n2CC1.CC(C)(C)N1CCc2nc3ccc(-c4ccc(C#N)cc4)cc3n2CC1. The quantitative estimate of drug-likeness (QED) is 0.181. The average molecular weight is 689 g/mol. The summed E-state index contributed by atoms with van der Waals surface area (Å²) in [6, 6.07) is 32.8. The molecule has 8 heteroatoms. The molecular weight excluding hydrogens is 641 g/mol. The Bertz CT molecular complexity index is 2300. The van der Waals surface area contributed by atoms with Crippen LogP contribution >= 0.6 is 0 Å². The van der Waals surface area contributed by atoms with Crippen molar-refractivity contribution in [1.82, 2.24) is 28.9 Å². The summed E-state index contributed by atoms with van der Waals surface area (Å²) in [6.45, 7) is 19.8. The van der Waals surface area contributed by atoms with Crippen LogP contribution in [0.3, 0.4) is 0 Å². The summed E-state index contributed by atoms with van der Waals surface area (Å²) < 4.78 is 4.76. The smallest absolute Gasteiger partial charge is 0.111 e. The van der Waals surface area contributed by atoms with Crippen molar-refractivity contribution in [3.63, 3.8) is 0 Å². The first-order valence-corrected chi connectivity index (χ1v) is 18.4. The topological polar surface area (TPSA) is 89.7 Å². The first-order chi connectivity index (χ1) is 24.9. The number of benzene rings is 4. The molecule has 0 spiro atoms. The summed E-state index contributed by atoms with van der Waals surface area (Å²) in [5.41, 5.74) is 10.9. The largest absolute Gasteiger partial charge is 0.327 e. The fourth-order valence-electron chi connectivity index (χ4n) is 7.54. The maximum atomic E-state index is 8.98. The van der Waals surface area contributed by atoms with E-state index < -0.39 is 0 Å². The molecule has 0 saturated carbocycles. The van der Waals surface area contributed by atoms with Gasteiger partial charge in [0.25, 0.3) is 0 Å². The van der Waals surface area contributed by atoms with Crippen LogP contribution in [0.25, 0.3) is 44.3 Å². The molecule has 0 unspecified atom stereocenters. The third-order valence-corrected chi connectivity index (χ3v) is 10.6. The van der Waals surface area contributed by atoms with Crippen LogP contribution in [-0.2, 0) is 25.9 Å². The van der Waals surface area contributed by atoms with Gasteiger partial charge < -0.3 is 9.13 Å². The van der Waals surface area contributed by atoms with Crippen LogP contribution in [0.5, 0.6) is 0 Å². The molecule has 0 saturated heterocycles. The highest BCUT2D eigenvalue weighted by Gasteiger charge is 2.26. The van der Waals surface area contributed by atoms with Gasteiger partial charge in [0.2, 0.25) is 0 Å². The zero-order valence-corrected chi connectivity index (χ0v) is 31.3. The molecule has 2 aliphatic rings. The van der Waals surface area contributed by atoms with Crippen LogP contribution in [0.2, 0.25) is 0 Å². The van der Waals surface area contributed by atoms with Gasteiger partial charge in [-0.25, -0.2) is 9.97 Å². The lowest BCUT2D eigenvalue weighted by Crippen LogP contribution is -2.43. The second kappa shape index (κ2) is 14.0. The lowest BCUT2D eigenvalue weighted by Gasteiger charge is -2.34. The molecule has 6 aromatic rings. The van der Waals surface area contributed by atoms with Crippen molar-refractivity contribution in [2.24, 2.45) is 0 Å². The summed E-state index contributed by atoms with van der Waals surface area (Å²) in [6.07, 6.45) is 1.97. The van der Waals surface area contributed by atoms with Gasteiger partial charge in [-0.3, -0.25) is 9.80 Å². The Morgan fingerprint density at radius 3 is 1.42 bits per heavy atom. The van der Waals surface area contributed by atoms with Gasteiger partial charge in [-0.05, 0) is 112 Å². The average Bonchev–Trinajstić information content (AvgIpc) is 3.46. The summed E-state index contributed by atoms with van der Waals surface area (Å²) in [4.78, 5) is 14.9. The highest BCUT2D eigenvalue weighted by molar-refractivity contribution is 5.84. The Labute approximate surface area is 307 Å². The minimum absolute atomic E-state index is 0.188. The highest BCUT2D eigenvalue weighted by atomic mass is 15.2. The molecule has 8 nitrogen and oxygen atoms in total. The van der Waals surface area contributed by atoms with Gasteiger partial charge in [0.05, 0.1) is 45.3 Å². The molecule has 4 heterocycles. The molecule has 8 rings (SSSR count). The standard InChI is InChI=1S/2C22H24N4/c1-22(2,3)25-11-10-21-24-19-14-18(8-9-20(19)26(21)13-12-25)17-6-4-16(15-23)5-7-17;1-22(2,3)25-11-10-21-24-19-9-8-18(14-20(19)26(21)13-12-25)17-6-4-16(15-23)5-7-17/h2*4-9,14H,10-13H2,1-3H3. The zero-order chi connectivity index (χ0) is 36.6. The van der Waals surface area contributed by atoms with Crippen molar-refractivity contribution in [1.29, 1.82) is 10.5 Å². The molecule has 0 amide bonds. The first kappa shape index (κ1) is 35.1. The molecule has 2 aromatic heterocycles. The Hall–Kier alpha value is -5.28. The number of rotatable bonds is 2. The minimum atomic E-state index is 0.188. The van der Waals surface area contributed by atoms with Crippen molar-refractivity contribution < 1.29 is 0 Å². The molecule has 0 N–H and O–H groups in total. The van der Waals surface area contributed by atoms with Gasteiger partial charge in [0, 0.05) is 63.2 Å². The number of hydrogen-bond acceptors (Lipinski definition) is 6. The van der Waals surface area contributed by atoms with Gasteiger partial charge in [-0.1, -0.05) is 36.4 Å². The molecular formula is C44H48N8. The van der Waals surface area contributed by atoms with E-state index in [1.807, 2.05) is 48.5 Å². The second-order valence-corrected chi connectivity index (χ2v) is 16.0. The predicted octanol–water partition coefficient (Wildman–Crippen LogP) is 8.46. The van der Waals surface area contributed by atoms with Gasteiger partial charge in [0.1, 0.15) is 11.6 Å². The van der Waals surface area contributed by atoms with Gasteiger partial charge >= 0.3 is 0 Å². The number of hydrogen-bond donors (Lipinski definition) is 0. The van der Waals surface area contributed by atoms with Crippen molar-refractivity contribution in [3.8, 4) is 34.4 Å². The van der Waals surface area contributed by atoms with Crippen LogP contribution in [0.1, 0.15) is 64.3 Å². The Morgan fingerprint density at radius 1 is 0.481 bits per heavy atom. The van der Waals surface area contributed by atoms with E-state index in [0.29, 0.717) is 11.1 Å². The van der Waals surface area contributed by atoms with Gasteiger partial charge in [0.15, 0.2) is 0 Å². The monoisotopic (exact) mass is 688 g/mol. The van der Waals surface area contributed by atoms with E-state index in [4.69, 9.17) is 20.5 Å². The van der Waals surface area contributed by atoms with E-state index >= 15 is 0 Å². The van der Waals surface area contributed by atoms with Crippen LogP contribution in [-0.4, -0.2) is 66.2 Å². The van der Waals surface area contributed by atoms with Crippen LogP contribution in [0, 0.1) is 22.7 Å². The molecule has 0 bridgehead atoms. The molecule has 2 aliphatic heterocycles. The molecule has 0 aliphatic carbocycles. The number of nitriles is 2. The minimum Gasteiger partial charge on any atom is -0.327 e. The first-order valence-electron chi connectivity index (χ1n) is 18.4. The number of fused-ring (bicyclic) bond motifs is 6. The number of nitrogens with zero attached hydrogens (tertiary/aromatic N) is 8. The maximum Gasteiger partial charge on any atom is 0.111 e. The molecule has 0 radical (unpaired) electrons.